The number of carbonyl (C=O) groups is 1. The highest BCUT2D eigenvalue weighted by Gasteiger charge is 2.27. The Balaban J connectivity index is 1.55. The molecule has 0 radical (unpaired) electrons. The fourth-order valence-electron chi connectivity index (χ4n) is 3.25. The summed E-state index contributed by atoms with van der Waals surface area (Å²) in [5.74, 6) is 1.58. The van der Waals surface area contributed by atoms with Crippen molar-refractivity contribution in [2.75, 3.05) is 6.54 Å². The Labute approximate surface area is 132 Å². The van der Waals surface area contributed by atoms with Gasteiger partial charge in [0.25, 0.3) is 0 Å². The van der Waals surface area contributed by atoms with Crippen molar-refractivity contribution in [3.8, 4) is 0 Å². The molecular formula is C17H27N3O2. The standard InChI is InChI=1S/C17H27N3O2/c1-13-11-16(19-22-13)12-20(17(21)18-15-7-8-15)10-9-14-5-3-2-4-6-14/h11,14-15H,2-10,12H2,1H3,(H,18,21). The molecular weight excluding hydrogens is 278 g/mol. The zero-order valence-corrected chi connectivity index (χ0v) is 13.5. The van der Waals surface area contributed by atoms with Gasteiger partial charge in [-0.25, -0.2) is 4.79 Å². The van der Waals surface area contributed by atoms with Crippen LogP contribution in [0.4, 0.5) is 4.79 Å². The fourth-order valence-corrected chi connectivity index (χ4v) is 3.25. The number of aromatic nitrogens is 1. The summed E-state index contributed by atoms with van der Waals surface area (Å²) < 4.78 is 5.12. The molecule has 5 heteroatoms. The first-order valence-electron chi connectivity index (χ1n) is 8.68. The molecule has 2 aliphatic carbocycles. The number of hydrogen-bond donors (Lipinski definition) is 1. The highest BCUT2D eigenvalue weighted by atomic mass is 16.5. The maximum atomic E-state index is 12.4. The first kappa shape index (κ1) is 15.4. The van der Waals surface area contributed by atoms with Crippen LogP contribution in [-0.2, 0) is 6.54 Å². The van der Waals surface area contributed by atoms with E-state index in [2.05, 4.69) is 10.5 Å². The lowest BCUT2D eigenvalue weighted by Crippen LogP contribution is -2.41. The molecule has 0 unspecified atom stereocenters. The molecule has 5 nitrogen and oxygen atoms in total. The van der Waals surface area contributed by atoms with Gasteiger partial charge in [0.2, 0.25) is 0 Å². The molecule has 0 aliphatic heterocycles. The van der Waals surface area contributed by atoms with Crippen LogP contribution in [0.2, 0.25) is 0 Å². The first-order valence-corrected chi connectivity index (χ1v) is 8.68. The quantitative estimate of drug-likeness (QED) is 0.873. The fraction of sp³-hybridized carbons (Fsp3) is 0.765. The summed E-state index contributed by atoms with van der Waals surface area (Å²) in [4.78, 5) is 14.3. The molecule has 0 spiro atoms. The lowest BCUT2D eigenvalue weighted by Gasteiger charge is -2.27. The molecule has 2 aliphatic rings. The van der Waals surface area contributed by atoms with Gasteiger partial charge in [-0.05, 0) is 32.1 Å². The molecule has 0 saturated heterocycles. The monoisotopic (exact) mass is 305 g/mol. The minimum atomic E-state index is 0.0546. The van der Waals surface area contributed by atoms with Gasteiger partial charge in [0, 0.05) is 18.7 Å². The first-order chi connectivity index (χ1) is 10.7. The number of aryl methyl sites for hydroxylation is 1. The lowest BCUT2D eigenvalue weighted by molar-refractivity contribution is 0.184. The Hall–Kier alpha value is -1.52. The van der Waals surface area contributed by atoms with Crippen molar-refractivity contribution in [2.24, 2.45) is 5.92 Å². The molecule has 1 heterocycles. The topological polar surface area (TPSA) is 58.4 Å². The van der Waals surface area contributed by atoms with Crippen molar-refractivity contribution in [3.05, 3.63) is 17.5 Å². The Kier molecular flexibility index (Phi) is 5.01. The van der Waals surface area contributed by atoms with Crippen LogP contribution in [0.5, 0.6) is 0 Å². The summed E-state index contributed by atoms with van der Waals surface area (Å²) in [6, 6.07) is 2.36. The Morgan fingerprint density at radius 1 is 1.32 bits per heavy atom. The van der Waals surface area contributed by atoms with Gasteiger partial charge in [0.05, 0.1) is 6.54 Å². The molecule has 2 fully saturated rings. The third kappa shape index (κ3) is 4.49. The predicted molar refractivity (Wildman–Crippen MR) is 84.4 cm³/mol. The lowest BCUT2D eigenvalue weighted by atomic mass is 9.87. The summed E-state index contributed by atoms with van der Waals surface area (Å²) in [7, 11) is 0. The minimum Gasteiger partial charge on any atom is -0.361 e. The summed E-state index contributed by atoms with van der Waals surface area (Å²) in [5, 5.41) is 7.13. The van der Waals surface area contributed by atoms with Gasteiger partial charge < -0.3 is 14.7 Å². The van der Waals surface area contributed by atoms with Crippen LogP contribution in [0.3, 0.4) is 0 Å². The van der Waals surface area contributed by atoms with E-state index >= 15 is 0 Å². The van der Waals surface area contributed by atoms with E-state index in [1.54, 1.807) is 0 Å². The van der Waals surface area contributed by atoms with Crippen LogP contribution >= 0.6 is 0 Å². The van der Waals surface area contributed by atoms with Crippen LogP contribution in [0.1, 0.15) is 62.8 Å². The maximum absolute atomic E-state index is 12.4. The molecule has 2 amide bonds. The smallest absolute Gasteiger partial charge is 0.317 e. The van der Waals surface area contributed by atoms with E-state index in [4.69, 9.17) is 4.52 Å². The summed E-state index contributed by atoms with van der Waals surface area (Å²) in [6.07, 6.45) is 10.1. The van der Waals surface area contributed by atoms with Crippen molar-refractivity contribution in [1.29, 1.82) is 0 Å². The van der Waals surface area contributed by atoms with Gasteiger partial charge >= 0.3 is 6.03 Å². The van der Waals surface area contributed by atoms with E-state index < -0.39 is 0 Å². The van der Waals surface area contributed by atoms with Crippen molar-refractivity contribution in [2.45, 2.75) is 70.9 Å². The van der Waals surface area contributed by atoms with Crippen LogP contribution < -0.4 is 5.32 Å². The SMILES string of the molecule is Cc1cc(CN(CCC2CCCCC2)C(=O)NC2CC2)no1. The van der Waals surface area contributed by atoms with Crippen molar-refractivity contribution in [1.82, 2.24) is 15.4 Å². The zero-order valence-electron chi connectivity index (χ0n) is 13.5. The van der Waals surface area contributed by atoms with Crippen molar-refractivity contribution >= 4 is 6.03 Å². The molecule has 0 aromatic carbocycles. The Morgan fingerprint density at radius 2 is 2.09 bits per heavy atom. The number of hydrogen-bond acceptors (Lipinski definition) is 3. The van der Waals surface area contributed by atoms with E-state index in [0.717, 1.165) is 43.2 Å². The minimum absolute atomic E-state index is 0.0546. The van der Waals surface area contributed by atoms with Gasteiger partial charge in [0.15, 0.2) is 0 Å². The van der Waals surface area contributed by atoms with E-state index in [1.807, 2.05) is 17.9 Å². The highest BCUT2D eigenvalue weighted by Crippen LogP contribution is 2.27. The number of carbonyl (C=O) groups excluding carboxylic acids is 1. The Bertz CT molecular complexity index is 490. The third-order valence-electron chi connectivity index (χ3n) is 4.75. The van der Waals surface area contributed by atoms with Gasteiger partial charge in [-0.3, -0.25) is 0 Å². The van der Waals surface area contributed by atoms with Crippen LogP contribution in [-0.4, -0.2) is 28.7 Å². The maximum Gasteiger partial charge on any atom is 0.317 e. The van der Waals surface area contributed by atoms with Crippen LogP contribution in [0.25, 0.3) is 0 Å². The Morgan fingerprint density at radius 3 is 2.73 bits per heavy atom. The number of amides is 2. The second kappa shape index (κ2) is 7.16. The highest BCUT2D eigenvalue weighted by molar-refractivity contribution is 5.74. The van der Waals surface area contributed by atoms with Gasteiger partial charge in [-0.2, -0.15) is 0 Å². The van der Waals surface area contributed by atoms with E-state index in [-0.39, 0.29) is 6.03 Å². The summed E-state index contributed by atoms with van der Waals surface area (Å²) in [5.41, 5.74) is 0.840. The van der Waals surface area contributed by atoms with Gasteiger partial charge in [-0.1, -0.05) is 37.3 Å². The molecule has 1 aromatic rings. The second-order valence-electron chi connectivity index (χ2n) is 6.87. The van der Waals surface area contributed by atoms with Crippen molar-refractivity contribution < 1.29 is 9.32 Å². The molecule has 0 bridgehead atoms. The predicted octanol–water partition coefficient (Wildman–Crippen LogP) is 3.63. The average molecular weight is 305 g/mol. The van der Waals surface area contributed by atoms with Crippen LogP contribution in [0.15, 0.2) is 10.6 Å². The number of urea groups is 1. The molecule has 1 aromatic heterocycles. The van der Waals surface area contributed by atoms with Crippen molar-refractivity contribution in [3.63, 3.8) is 0 Å². The molecule has 1 N–H and O–H groups in total. The third-order valence-corrected chi connectivity index (χ3v) is 4.75. The van der Waals surface area contributed by atoms with Gasteiger partial charge in [-0.15, -0.1) is 0 Å². The molecule has 2 saturated carbocycles. The molecule has 122 valence electrons. The average Bonchev–Trinajstić information content (AvgIpc) is 3.24. The van der Waals surface area contributed by atoms with E-state index in [0.29, 0.717) is 12.6 Å². The largest absolute Gasteiger partial charge is 0.361 e. The van der Waals surface area contributed by atoms with Gasteiger partial charge in [0.1, 0.15) is 11.5 Å². The van der Waals surface area contributed by atoms with E-state index in [1.165, 1.54) is 32.1 Å². The molecule has 22 heavy (non-hydrogen) atoms. The normalized spacial score (nSPS) is 19.1. The molecule has 0 atom stereocenters. The molecule has 3 rings (SSSR count). The zero-order chi connectivity index (χ0) is 15.4. The number of nitrogens with one attached hydrogen (secondary N) is 1. The summed E-state index contributed by atoms with van der Waals surface area (Å²) in [6.45, 7) is 3.24. The van der Waals surface area contributed by atoms with E-state index in [9.17, 15) is 4.79 Å². The number of nitrogens with zero attached hydrogens (tertiary/aromatic N) is 2. The van der Waals surface area contributed by atoms with Crippen LogP contribution in [0, 0.1) is 12.8 Å². The summed E-state index contributed by atoms with van der Waals surface area (Å²) >= 11 is 0. The second-order valence-corrected chi connectivity index (χ2v) is 6.87. The number of rotatable bonds is 6.